The van der Waals surface area contributed by atoms with E-state index in [-0.39, 0.29) is 11.7 Å². The number of carbonyl (C=O) groups excluding carboxylic acids is 1. The molecular formula is C23H22BrN5O2S. The molecule has 1 saturated heterocycles. The van der Waals surface area contributed by atoms with Crippen LogP contribution in [0.25, 0.3) is 16.9 Å². The van der Waals surface area contributed by atoms with Crippen LogP contribution in [0.2, 0.25) is 0 Å². The third kappa shape index (κ3) is 4.10. The molecule has 7 nitrogen and oxygen atoms in total. The number of amides is 1. The first-order chi connectivity index (χ1) is 15.6. The lowest BCUT2D eigenvalue weighted by molar-refractivity contribution is 0.0680. The van der Waals surface area contributed by atoms with Crippen LogP contribution < -0.4 is 5.32 Å². The number of aromatic nitrogens is 3. The Kier molecular flexibility index (Phi) is 5.84. The van der Waals surface area contributed by atoms with Crippen molar-refractivity contribution in [3.8, 4) is 17.0 Å². The van der Waals surface area contributed by atoms with Crippen LogP contribution in [0.1, 0.15) is 23.2 Å². The molecule has 0 saturated carbocycles. The van der Waals surface area contributed by atoms with Crippen LogP contribution in [0.3, 0.4) is 0 Å². The summed E-state index contributed by atoms with van der Waals surface area (Å²) in [6.45, 7) is 2.24. The molecule has 4 heterocycles. The van der Waals surface area contributed by atoms with Gasteiger partial charge in [0.25, 0.3) is 5.91 Å². The second kappa shape index (κ2) is 8.91. The zero-order valence-corrected chi connectivity index (χ0v) is 19.6. The number of phenols is 1. The molecular weight excluding hydrogens is 490 g/mol. The lowest BCUT2D eigenvalue weighted by atomic mass is 9.97. The van der Waals surface area contributed by atoms with Gasteiger partial charge in [0.15, 0.2) is 5.65 Å². The minimum atomic E-state index is 0.111. The van der Waals surface area contributed by atoms with Crippen molar-refractivity contribution in [1.82, 2.24) is 19.5 Å². The van der Waals surface area contributed by atoms with Crippen LogP contribution >= 0.6 is 27.3 Å². The Hall–Kier alpha value is -2.91. The van der Waals surface area contributed by atoms with Crippen LogP contribution in [0, 0.1) is 5.92 Å². The SMILES string of the molecule is O=C(c1ccsc1)N1CCCC(CNc2cc(-c3ccccc3O)nc3c(Br)cnn23)C1. The number of piperidine rings is 1. The number of aromatic hydroxyl groups is 1. The van der Waals surface area contributed by atoms with E-state index in [9.17, 15) is 9.90 Å². The van der Waals surface area contributed by atoms with Crippen molar-refractivity contribution in [2.24, 2.45) is 5.92 Å². The average Bonchev–Trinajstić information content (AvgIpc) is 3.48. The molecule has 0 spiro atoms. The molecule has 2 N–H and O–H groups in total. The number of carbonyl (C=O) groups is 1. The van der Waals surface area contributed by atoms with Crippen LogP contribution in [0.5, 0.6) is 5.75 Å². The maximum atomic E-state index is 12.8. The number of likely N-dealkylation sites (tertiary alicyclic amines) is 1. The fourth-order valence-electron chi connectivity index (χ4n) is 4.12. The van der Waals surface area contributed by atoms with Crippen molar-refractivity contribution in [1.29, 1.82) is 0 Å². The molecule has 0 aliphatic carbocycles. The first-order valence-electron chi connectivity index (χ1n) is 10.5. The average molecular weight is 512 g/mol. The van der Waals surface area contributed by atoms with E-state index in [4.69, 9.17) is 0 Å². The Balaban J connectivity index is 1.37. The van der Waals surface area contributed by atoms with E-state index < -0.39 is 0 Å². The highest BCUT2D eigenvalue weighted by atomic mass is 79.9. The summed E-state index contributed by atoms with van der Waals surface area (Å²) in [5.41, 5.74) is 2.77. The molecule has 1 atom stereocenters. The summed E-state index contributed by atoms with van der Waals surface area (Å²) < 4.78 is 2.54. The summed E-state index contributed by atoms with van der Waals surface area (Å²) in [4.78, 5) is 19.4. The molecule has 1 unspecified atom stereocenters. The number of halogens is 1. The second-order valence-electron chi connectivity index (χ2n) is 7.92. The fraction of sp³-hybridized carbons (Fsp3) is 0.261. The van der Waals surface area contributed by atoms with E-state index in [1.54, 1.807) is 34.2 Å². The Morgan fingerprint density at radius 2 is 2.19 bits per heavy atom. The summed E-state index contributed by atoms with van der Waals surface area (Å²) in [5, 5.41) is 22.1. The van der Waals surface area contributed by atoms with Gasteiger partial charge in [-0.15, -0.1) is 0 Å². The number of nitrogens with zero attached hydrogens (tertiary/aromatic N) is 4. The molecule has 1 aliphatic rings. The molecule has 0 bridgehead atoms. The van der Waals surface area contributed by atoms with Crippen molar-refractivity contribution < 1.29 is 9.90 Å². The highest BCUT2D eigenvalue weighted by Crippen LogP contribution is 2.31. The fourth-order valence-corrected chi connectivity index (χ4v) is 5.10. The number of rotatable bonds is 5. The van der Waals surface area contributed by atoms with Gasteiger partial charge in [-0.1, -0.05) is 12.1 Å². The van der Waals surface area contributed by atoms with E-state index >= 15 is 0 Å². The van der Waals surface area contributed by atoms with Crippen LogP contribution in [-0.2, 0) is 0 Å². The lowest BCUT2D eigenvalue weighted by Gasteiger charge is -2.33. The van der Waals surface area contributed by atoms with Crippen molar-refractivity contribution in [3.05, 3.63) is 63.4 Å². The summed E-state index contributed by atoms with van der Waals surface area (Å²) in [7, 11) is 0. The molecule has 3 aromatic heterocycles. The van der Waals surface area contributed by atoms with Crippen molar-refractivity contribution in [2.45, 2.75) is 12.8 Å². The summed E-state index contributed by atoms with van der Waals surface area (Å²) >= 11 is 5.06. The predicted molar refractivity (Wildman–Crippen MR) is 129 cm³/mol. The van der Waals surface area contributed by atoms with Gasteiger partial charge in [0.1, 0.15) is 11.6 Å². The highest BCUT2D eigenvalue weighted by molar-refractivity contribution is 9.10. The number of thiophene rings is 1. The predicted octanol–water partition coefficient (Wildman–Crippen LogP) is 4.89. The third-order valence-electron chi connectivity index (χ3n) is 5.75. The summed E-state index contributed by atoms with van der Waals surface area (Å²) in [6, 6.07) is 11.0. The minimum absolute atomic E-state index is 0.111. The number of fused-ring (bicyclic) bond motifs is 1. The van der Waals surface area contributed by atoms with Crippen molar-refractivity contribution >= 4 is 44.6 Å². The molecule has 1 aliphatic heterocycles. The molecule has 164 valence electrons. The minimum Gasteiger partial charge on any atom is -0.507 e. The zero-order chi connectivity index (χ0) is 22.1. The van der Waals surface area contributed by atoms with Gasteiger partial charge in [-0.2, -0.15) is 21.0 Å². The highest BCUT2D eigenvalue weighted by Gasteiger charge is 2.25. The Bertz CT molecular complexity index is 1260. The number of nitrogens with one attached hydrogen (secondary N) is 1. The normalized spacial score (nSPS) is 16.4. The summed E-state index contributed by atoms with van der Waals surface area (Å²) in [6.07, 6.45) is 3.76. The van der Waals surface area contributed by atoms with Gasteiger partial charge in [0.05, 0.1) is 21.9 Å². The van der Waals surface area contributed by atoms with Crippen molar-refractivity contribution in [2.75, 3.05) is 25.0 Å². The number of phenolic OH excluding ortho intramolecular Hbond substituents is 1. The number of hydrogen-bond acceptors (Lipinski definition) is 6. The van der Waals surface area contributed by atoms with Gasteiger partial charge in [-0.05, 0) is 58.3 Å². The molecule has 5 rings (SSSR count). The largest absolute Gasteiger partial charge is 0.507 e. The first kappa shape index (κ1) is 21.0. The monoisotopic (exact) mass is 511 g/mol. The first-order valence-corrected chi connectivity index (χ1v) is 12.2. The lowest BCUT2D eigenvalue weighted by Crippen LogP contribution is -2.41. The van der Waals surface area contributed by atoms with Gasteiger partial charge in [-0.3, -0.25) is 4.79 Å². The van der Waals surface area contributed by atoms with Gasteiger partial charge in [0, 0.05) is 36.6 Å². The molecule has 4 aromatic rings. The van der Waals surface area contributed by atoms with E-state index in [1.807, 2.05) is 39.9 Å². The Morgan fingerprint density at radius 1 is 1.31 bits per heavy atom. The second-order valence-corrected chi connectivity index (χ2v) is 9.56. The van der Waals surface area contributed by atoms with E-state index in [1.165, 1.54) is 0 Å². The van der Waals surface area contributed by atoms with E-state index in [0.717, 1.165) is 41.8 Å². The maximum absolute atomic E-state index is 12.8. The molecule has 0 radical (unpaired) electrons. The number of hydrogen-bond donors (Lipinski definition) is 2. The van der Waals surface area contributed by atoms with Gasteiger partial charge in [0.2, 0.25) is 0 Å². The maximum Gasteiger partial charge on any atom is 0.254 e. The number of benzene rings is 1. The zero-order valence-electron chi connectivity index (χ0n) is 17.2. The smallest absolute Gasteiger partial charge is 0.254 e. The molecule has 1 amide bonds. The van der Waals surface area contributed by atoms with Crippen LogP contribution in [0.4, 0.5) is 5.82 Å². The van der Waals surface area contributed by atoms with Crippen molar-refractivity contribution in [3.63, 3.8) is 0 Å². The van der Waals surface area contributed by atoms with Gasteiger partial charge >= 0.3 is 0 Å². The molecule has 32 heavy (non-hydrogen) atoms. The number of anilines is 1. The van der Waals surface area contributed by atoms with E-state index in [0.29, 0.717) is 29.4 Å². The Labute approximate surface area is 197 Å². The van der Waals surface area contributed by atoms with Crippen LogP contribution in [0.15, 0.2) is 57.8 Å². The topological polar surface area (TPSA) is 82.8 Å². The molecule has 9 heteroatoms. The summed E-state index contributed by atoms with van der Waals surface area (Å²) in [5.74, 6) is 1.42. The molecule has 1 fully saturated rings. The molecule has 1 aromatic carbocycles. The standard InChI is InChI=1S/C23H22BrN5O2S/c24-18-12-26-29-21(10-19(27-22(18)29)17-5-1-2-6-20(17)30)25-11-15-4-3-8-28(13-15)23(31)16-7-9-32-14-16/h1-2,5-7,9-10,12,14-15,25,30H,3-4,8,11,13H2. The third-order valence-corrected chi connectivity index (χ3v) is 7.00. The quantitative estimate of drug-likeness (QED) is 0.398. The Morgan fingerprint density at radius 3 is 3.00 bits per heavy atom. The number of para-hydroxylation sites is 1. The van der Waals surface area contributed by atoms with Gasteiger partial charge in [-0.25, -0.2) is 4.98 Å². The van der Waals surface area contributed by atoms with Crippen LogP contribution in [-0.4, -0.2) is 50.1 Å². The van der Waals surface area contributed by atoms with E-state index in [2.05, 4.69) is 31.3 Å². The van der Waals surface area contributed by atoms with Gasteiger partial charge < -0.3 is 15.3 Å².